The molecule has 0 N–H and O–H groups in total. The van der Waals surface area contributed by atoms with Crippen LogP contribution in [0.2, 0.25) is 0 Å². The van der Waals surface area contributed by atoms with Crippen molar-refractivity contribution in [2.75, 3.05) is 0 Å². The van der Waals surface area contributed by atoms with Gasteiger partial charge in [-0.2, -0.15) is 0 Å². The van der Waals surface area contributed by atoms with Crippen molar-refractivity contribution in [2.45, 2.75) is 90.9 Å². The molecule has 0 nitrogen and oxygen atoms in total. The fraction of sp³-hybridized carbons (Fsp3) is 0.476. The molecule has 4 saturated carbocycles. The van der Waals surface area contributed by atoms with E-state index in [1.165, 1.54) is 62.5 Å². The summed E-state index contributed by atoms with van der Waals surface area (Å²) in [6.07, 6.45) is 21.1. The molecule has 0 saturated heterocycles. The van der Waals surface area contributed by atoms with Crippen molar-refractivity contribution in [1.82, 2.24) is 0 Å². The van der Waals surface area contributed by atoms with Gasteiger partial charge in [-0.05, 0) is 142 Å². The Labute approximate surface area is 293 Å². The van der Waals surface area contributed by atoms with Gasteiger partial charge in [-0.15, -0.1) is 0 Å². The molecule has 4 unspecified atom stereocenters. The van der Waals surface area contributed by atoms with Crippen LogP contribution < -0.4 is 0 Å². The average molecular weight is 719 g/mol. The Morgan fingerprint density at radius 3 is 1.07 bits per heavy atom. The van der Waals surface area contributed by atoms with Gasteiger partial charge in [0.2, 0.25) is 0 Å². The Bertz CT molecular complexity index is 1340. The number of benzene rings is 2. The molecule has 0 radical (unpaired) electrons. The van der Waals surface area contributed by atoms with Gasteiger partial charge in [0, 0.05) is 0 Å². The standard InChI is InChI=1S/C40H46.2CH3.2ClH.Zr/c1-39(2)21-31-17-25-13-29(14-26(25)18-32(31)22-39)35-9-5-7-11-37(35)38-12-8-6-10-36(38)30-15-27-19-33-23-40(3,4)24-34(33)20-28(27)16-30;;;;;/h5-12,17-20,25-30H,13-16,21-24H2,1-4H3;2*1H3;2*1H;/q;2*-1;;;+4/p-2. The molecule has 0 heterocycles. The summed E-state index contributed by atoms with van der Waals surface area (Å²) in [5.41, 5.74) is 13.8. The third-order valence-electron chi connectivity index (χ3n) is 11.6. The van der Waals surface area contributed by atoms with Gasteiger partial charge in [0.15, 0.2) is 0 Å². The SMILES string of the molecule is CC1(C)CC2=CC3CC(c4ccccc4-c4ccccc4C4CC5C=C6CC(C)(C)CC6=CC5C4)CC3C=C2C1.[CH3-].[CH3-].[Cl][Zr+2][Cl]. The van der Waals surface area contributed by atoms with Crippen molar-refractivity contribution >= 4 is 17.0 Å². The molecule has 3 heteroatoms. The van der Waals surface area contributed by atoms with E-state index in [2.05, 4.69) is 101 Å². The Morgan fingerprint density at radius 1 is 0.511 bits per heavy atom. The maximum atomic E-state index is 4.93. The molecule has 0 aliphatic heterocycles. The van der Waals surface area contributed by atoms with Gasteiger partial charge in [0.25, 0.3) is 0 Å². The van der Waals surface area contributed by atoms with E-state index in [9.17, 15) is 0 Å². The molecule has 8 rings (SSSR count). The van der Waals surface area contributed by atoms with E-state index >= 15 is 0 Å². The van der Waals surface area contributed by atoms with Crippen LogP contribution in [-0.4, -0.2) is 0 Å². The Kier molecular flexibility index (Phi) is 10.8. The molecule has 45 heavy (non-hydrogen) atoms. The van der Waals surface area contributed by atoms with Crippen LogP contribution in [0.4, 0.5) is 0 Å². The minimum absolute atomic E-state index is 0. The molecule has 0 spiro atoms. The minimum atomic E-state index is -0.826. The van der Waals surface area contributed by atoms with Crippen LogP contribution in [0.15, 0.2) is 95.1 Å². The third-order valence-corrected chi connectivity index (χ3v) is 11.6. The average Bonchev–Trinajstić information content (AvgIpc) is 3.70. The summed E-state index contributed by atoms with van der Waals surface area (Å²) < 4.78 is 0. The first-order valence-corrected chi connectivity index (χ1v) is 22.9. The van der Waals surface area contributed by atoms with E-state index in [1.54, 1.807) is 33.4 Å². The molecule has 0 amide bonds. The van der Waals surface area contributed by atoms with Gasteiger partial charge in [-0.1, -0.05) is 101 Å². The first-order valence-electron chi connectivity index (χ1n) is 16.6. The van der Waals surface area contributed by atoms with Crippen LogP contribution in [0.5, 0.6) is 0 Å². The fourth-order valence-corrected chi connectivity index (χ4v) is 10.0. The number of hydrogen-bond acceptors (Lipinski definition) is 0. The Hall–Kier alpha value is -1.14. The van der Waals surface area contributed by atoms with E-state index in [0.717, 1.165) is 23.7 Å². The monoisotopic (exact) mass is 716 g/mol. The van der Waals surface area contributed by atoms with Crippen LogP contribution in [-0.2, 0) is 20.8 Å². The van der Waals surface area contributed by atoms with Crippen LogP contribution in [0.1, 0.15) is 102 Å². The second-order valence-corrected chi connectivity index (χ2v) is 19.8. The second kappa shape index (κ2) is 13.8. The maximum absolute atomic E-state index is 4.93. The molecule has 4 atom stereocenters. The normalized spacial score (nSPS) is 31.1. The van der Waals surface area contributed by atoms with Crippen molar-refractivity contribution in [3.63, 3.8) is 0 Å². The van der Waals surface area contributed by atoms with Crippen LogP contribution >= 0.6 is 17.0 Å². The summed E-state index contributed by atoms with van der Waals surface area (Å²) in [4.78, 5) is 0. The van der Waals surface area contributed by atoms with Crippen LogP contribution in [0.3, 0.4) is 0 Å². The zero-order valence-electron chi connectivity index (χ0n) is 28.3. The number of hydrogen-bond donors (Lipinski definition) is 0. The zero-order valence-corrected chi connectivity index (χ0v) is 32.3. The van der Waals surface area contributed by atoms with Gasteiger partial charge >= 0.3 is 37.9 Å². The number of fused-ring (bicyclic) bond motifs is 4. The summed E-state index contributed by atoms with van der Waals surface area (Å²) in [6.45, 7) is 9.77. The van der Waals surface area contributed by atoms with E-state index in [1.807, 2.05) is 0 Å². The molecule has 6 aliphatic carbocycles. The molecule has 238 valence electrons. The predicted molar refractivity (Wildman–Crippen MR) is 193 cm³/mol. The predicted octanol–water partition coefficient (Wildman–Crippen LogP) is 13.2. The van der Waals surface area contributed by atoms with E-state index in [-0.39, 0.29) is 14.9 Å². The molecule has 2 aromatic rings. The van der Waals surface area contributed by atoms with E-state index < -0.39 is 20.8 Å². The molecule has 2 aromatic carbocycles. The quantitative estimate of drug-likeness (QED) is 0.277. The molecular weight excluding hydrogens is 667 g/mol. The molecule has 6 aliphatic rings. The van der Waals surface area contributed by atoms with Crippen molar-refractivity contribution in [3.05, 3.63) is 121 Å². The summed E-state index contributed by atoms with van der Waals surface area (Å²) in [7, 11) is 9.87. The van der Waals surface area contributed by atoms with Gasteiger partial charge < -0.3 is 14.9 Å². The topological polar surface area (TPSA) is 0 Å². The molecule has 0 bridgehead atoms. The van der Waals surface area contributed by atoms with Gasteiger partial charge in [0.05, 0.1) is 0 Å². The van der Waals surface area contributed by atoms with Crippen LogP contribution in [0, 0.1) is 49.4 Å². The first-order chi connectivity index (χ1) is 20.6. The van der Waals surface area contributed by atoms with E-state index in [0.29, 0.717) is 22.7 Å². The van der Waals surface area contributed by atoms with Crippen molar-refractivity contribution in [3.8, 4) is 11.1 Å². The zero-order chi connectivity index (χ0) is 29.9. The molecule has 0 aromatic heterocycles. The van der Waals surface area contributed by atoms with Crippen molar-refractivity contribution < 1.29 is 20.8 Å². The van der Waals surface area contributed by atoms with E-state index in [4.69, 9.17) is 17.0 Å². The summed E-state index contributed by atoms with van der Waals surface area (Å²) >= 11 is -0.826. The van der Waals surface area contributed by atoms with Crippen LogP contribution in [0.25, 0.3) is 11.1 Å². The van der Waals surface area contributed by atoms with Gasteiger partial charge in [-0.25, -0.2) is 0 Å². The van der Waals surface area contributed by atoms with Crippen molar-refractivity contribution in [1.29, 1.82) is 0 Å². The third kappa shape index (κ3) is 7.04. The number of rotatable bonds is 3. The summed E-state index contributed by atoms with van der Waals surface area (Å²) in [5, 5.41) is 0. The second-order valence-electron chi connectivity index (χ2n) is 16.0. The van der Waals surface area contributed by atoms with Crippen molar-refractivity contribution in [2.24, 2.45) is 34.5 Å². The molecule has 4 fully saturated rings. The summed E-state index contributed by atoms with van der Waals surface area (Å²) in [5.74, 6) is 4.22. The number of allylic oxidation sites excluding steroid dienone is 8. The first kappa shape index (κ1) is 35.2. The molecular formula is C42H52Cl2Zr. The fourth-order valence-electron chi connectivity index (χ4n) is 10.0. The van der Waals surface area contributed by atoms with Gasteiger partial charge in [0.1, 0.15) is 0 Å². The Morgan fingerprint density at radius 2 is 0.778 bits per heavy atom. The van der Waals surface area contributed by atoms with Gasteiger partial charge in [-0.3, -0.25) is 0 Å². The Balaban J connectivity index is 0.000000772. The summed E-state index contributed by atoms with van der Waals surface area (Å²) in [6, 6.07) is 18.9. The number of halogens is 2.